The number of ketones is 1. The summed E-state index contributed by atoms with van der Waals surface area (Å²) in [5.41, 5.74) is 1.06. The van der Waals surface area contributed by atoms with E-state index in [1.54, 1.807) is 12.2 Å². The molecule has 0 aliphatic carbocycles. The minimum Gasteiger partial charge on any atom is -0.290 e. The second kappa shape index (κ2) is 7.78. The monoisotopic (exact) mass is 180 g/mol. The molecule has 0 saturated carbocycles. The van der Waals surface area contributed by atoms with Crippen molar-refractivity contribution in [3.63, 3.8) is 0 Å². The molecule has 0 aromatic heterocycles. The highest BCUT2D eigenvalue weighted by Gasteiger charge is 1.89. The zero-order valence-corrected chi connectivity index (χ0v) is 8.97. The van der Waals surface area contributed by atoms with Crippen LogP contribution in [0.2, 0.25) is 0 Å². The number of unbranched alkanes of at least 4 members (excludes halogenated alkanes) is 3. The van der Waals surface area contributed by atoms with Crippen molar-refractivity contribution in [1.29, 1.82) is 0 Å². The molecule has 0 saturated heterocycles. The summed E-state index contributed by atoms with van der Waals surface area (Å²) < 4.78 is 0. The fourth-order valence-electron chi connectivity index (χ4n) is 1.04. The molecule has 0 radical (unpaired) electrons. The average molecular weight is 180 g/mol. The Balaban J connectivity index is 3.60. The van der Waals surface area contributed by atoms with Gasteiger partial charge in [-0.2, -0.15) is 0 Å². The summed E-state index contributed by atoms with van der Waals surface area (Å²) in [4.78, 5) is 11.1. The van der Waals surface area contributed by atoms with Crippen LogP contribution in [-0.4, -0.2) is 5.78 Å². The molecule has 0 fully saturated rings. The molecule has 74 valence electrons. The second-order valence-electron chi connectivity index (χ2n) is 3.52. The molecule has 0 spiro atoms. The van der Waals surface area contributed by atoms with E-state index >= 15 is 0 Å². The maximum Gasteiger partial charge on any atom is 0.178 e. The Bertz CT molecular complexity index is 195. The van der Waals surface area contributed by atoms with E-state index in [9.17, 15) is 4.79 Å². The van der Waals surface area contributed by atoms with Crippen LogP contribution in [0.5, 0.6) is 0 Å². The van der Waals surface area contributed by atoms with Crippen LogP contribution in [0, 0.1) is 0 Å². The third kappa shape index (κ3) is 9.06. The molecule has 0 unspecified atom stereocenters. The third-order valence-corrected chi connectivity index (χ3v) is 1.69. The molecule has 0 aliphatic rings. The summed E-state index contributed by atoms with van der Waals surface area (Å²) in [6.07, 6.45) is 10.00. The highest BCUT2D eigenvalue weighted by Crippen LogP contribution is 2.00. The first-order valence-corrected chi connectivity index (χ1v) is 5.02. The molecule has 0 rings (SSSR count). The predicted molar refractivity (Wildman–Crippen MR) is 57.7 cm³/mol. The maximum absolute atomic E-state index is 11.1. The van der Waals surface area contributed by atoms with E-state index < -0.39 is 0 Å². The van der Waals surface area contributed by atoms with Gasteiger partial charge in [0.2, 0.25) is 0 Å². The van der Waals surface area contributed by atoms with Crippen molar-refractivity contribution in [2.24, 2.45) is 0 Å². The molecule has 0 bridgehead atoms. The molecule has 0 N–H and O–H groups in total. The summed E-state index contributed by atoms with van der Waals surface area (Å²) in [5.74, 6) is 0.108. The molecule has 1 nitrogen and oxygen atoms in total. The van der Waals surface area contributed by atoms with Crippen LogP contribution in [-0.2, 0) is 4.79 Å². The molecule has 0 aliphatic heterocycles. The number of hydrogen-bond donors (Lipinski definition) is 0. The summed E-state index contributed by atoms with van der Waals surface area (Å²) in [6.45, 7) is 6.05. The van der Waals surface area contributed by atoms with Gasteiger partial charge in [0, 0.05) is 0 Å². The van der Waals surface area contributed by atoms with Gasteiger partial charge in [0.1, 0.15) is 0 Å². The Morgan fingerprint density at radius 3 is 2.46 bits per heavy atom. The van der Waals surface area contributed by atoms with E-state index in [1.807, 2.05) is 19.9 Å². The molecule has 0 heterocycles. The van der Waals surface area contributed by atoms with Crippen LogP contribution < -0.4 is 0 Å². The Labute approximate surface area is 81.5 Å². The lowest BCUT2D eigenvalue weighted by atomic mass is 10.2. The molecule has 1 heteroatoms. The summed E-state index contributed by atoms with van der Waals surface area (Å²) in [7, 11) is 0. The smallest absolute Gasteiger partial charge is 0.178 e. The van der Waals surface area contributed by atoms with E-state index in [2.05, 4.69) is 6.92 Å². The van der Waals surface area contributed by atoms with Gasteiger partial charge in [-0.05, 0) is 38.8 Å². The van der Waals surface area contributed by atoms with E-state index in [0.717, 1.165) is 12.0 Å². The van der Waals surface area contributed by atoms with Gasteiger partial charge in [0.15, 0.2) is 5.78 Å². The van der Waals surface area contributed by atoms with Crippen LogP contribution in [0.25, 0.3) is 0 Å². The van der Waals surface area contributed by atoms with Gasteiger partial charge in [-0.15, -0.1) is 0 Å². The van der Waals surface area contributed by atoms with Gasteiger partial charge in [-0.1, -0.05) is 31.4 Å². The number of carbonyl (C=O) groups is 1. The highest BCUT2D eigenvalue weighted by molar-refractivity contribution is 5.99. The van der Waals surface area contributed by atoms with Gasteiger partial charge in [-0.3, -0.25) is 4.79 Å². The number of allylic oxidation sites excluding steroid dienone is 4. The van der Waals surface area contributed by atoms with Crippen LogP contribution in [0.4, 0.5) is 0 Å². The Morgan fingerprint density at radius 1 is 1.23 bits per heavy atom. The van der Waals surface area contributed by atoms with Crippen molar-refractivity contribution >= 4 is 5.78 Å². The topological polar surface area (TPSA) is 17.1 Å². The number of rotatable bonds is 6. The zero-order valence-electron chi connectivity index (χ0n) is 8.97. The summed E-state index contributed by atoms with van der Waals surface area (Å²) in [6, 6.07) is 0. The number of hydrogen-bond acceptors (Lipinski definition) is 1. The lowest BCUT2D eigenvalue weighted by molar-refractivity contribution is -0.110. The molecule has 0 aromatic rings. The first kappa shape index (κ1) is 12.2. The van der Waals surface area contributed by atoms with E-state index in [1.165, 1.54) is 19.3 Å². The van der Waals surface area contributed by atoms with Gasteiger partial charge in [-0.25, -0.2) is 0 Å². The highest BCUT2D eigenvalue weighted by atomic mass is 16.1. The fourth-order valence-corrected chi connectivity index (χ4v) is 1.04. The molecular formula is C12H20O. The Morgan fingerprint density at radius 2 is 1.92 bits per heavy atom. The quantitative estimate of drug-likeness (QED) is 0.450. The van der Waals surface area contributed by atoms with Gasteiger partial charge in [0.25, 0.3) is 0 Å². The van der Waals surface area contributed by atoms with Gasteiger partial charge in [0.05, 0.1) is 0 Å². The van der Waals surface area contributed by atoms with Crippen molar-refractivity contribution in [3.8, 4) is 0 Å². The van der Waals surface area contributed by atoms with Crippen LogP contribution in [0.1, 0.15) is 46.5 Å². The maximum atomic E-state index is 11.1. The van der Waals surface area contributed by atoms with Crippen molar-refractivity contribution < 1.29 is 4.79 Å². The largest absolute Gasteiger partial charge is 0.290 e. The van der Waals surface area contributed by atoms with Crippen LogP contribution in [0.15, 0.2) is 23.8 Å². The average Bonchev–Trinajstić information content (AvgIpc) is 2.02. The predicted octanol–water partition coefficient (Wildman–Crippen LogP) is 3.66. The SMILES string of the molecule is CCCCC/C=C/C(=O)C=C(C)C. The van der Waals surface area contributed by atoms with Crippen LogP contribution in [0.3, 0.4) is 0 Å². The van der Waals surface area contributed by atoms with Crippen molar-refractivity contribution in [1.82, 2.24) is 0 Å². The molecule has 13 heavy (non-hydrogen) atoms. The fraction of sp³-hybridized carbons (Fsp3) is 0.583. The molecular weight excluding hydrogens is 160 g/mol. The third-order valence-electron chi connectivity index (χ3n) is 1.69. The summed E-state index contributed by atoms with van der Waals surface area (Å²) >= 11 is 0. The van der Waals surface area contributed by atoms with Crippen LogP contribution >= 0.6 is 0 Å². The molecule has 0 amide bonds. The van der Waals surface area contributed by atoms with Gasteiger partial charge < -0.3 is 0 Å². The minimum absolute atomic E-state index is 0.108. The lowest BCUT2D eigenvalue weighted by Gasteiger charge is -1.91. The lowest BCUT2D eigenvalue weighted by Crippen LogP contribution is -1.86. The van der Waals surface area contributed by atoms with E-state index in [-0.39, 0.29) is 5.78 Å². The minimum atomic E-state index is 0.108. The molecule has 0 atom stereocenters. The van der Waals surface area contributed by atoms with E-state index in [0.29, 0.717) is 0 Å². The van der Waals surface area contributed by atoms with E-state index in [4.69, 9.17) is 0 Å². The van der Waals surface area contributed by atoms with Crippen molar-refractivity contribution in [2.45, 2.75) is 46.5 Å². The summed E-state index contributed by atoms with van der Waals surface area (Å²) in [5, 5.41) is 0. The Hall–Kier alpha value is -0.850. The normalized spacial score (nSPS) is 10.4. The first-order chi connectivity index (χ1) is 6.16. The van der Waals surface area contributed by atoms with Crippen molar-refractivity contribution in [3.05, 3.63) is 23.8 Å². The van der Waals surface area contributed by atoms with Gasteiger partial charge >= 0.3 is 0 Å². The second-order valence-corrected chi connectivity index (χ2v) is 3.52. The first-order valence-electron chi connectivity index (χ1n) is 5.02. The molecule has 0 aromatic carbocycles. The van der Waals surface area contributed by atoms with Crippen molar-refractivity contribution in [2.75, 3.05) is 0 Å². The zero-order chi connectivity index (χ0) is 10.1. The number of carbonyl (C=O) groups excluding carboxylic acids is 1. The Kier molecular flexibility index (Phi) is 7.27. The standard InChI is InChI=1S/C12H20O/c1-4-5-6-7-8-9-12(13)10-11(2)3/h8-10H,4-7H2,1-3H3/b9-8+.